The Hall–Kier alpha value is -2.69. The zero-order valence-corrected chi connectivity index (χ0v) is 15.1. The molecule has 5 heteroatoms. The van der Waals surface area contributed by atoms with Gasteiger partial charge in [-0.1, -0.05) is 25.1 Å². The van der Waals surface area contributed by atoms with E-state index in [4.69, 9.17) is 9.47 Å². The highest BCUT2D eigenvalue weighted by atomic mass is 16.6. The van der Waals surface area contributed by atoms with Crippen LogP contribution >= 0.6 is 0 Å². The maximum absolute atomic E-state index is 13.2. The van der Waals surface area contributed by atoms with Gasteiger partial charge in [-0.2, -0.15) is 0 Å². The molecule has 2 fully saturated rings. The number of para-hydroxylation sites is 2. The average molecular weight is 363 g/mol. The van der Waals surface area contributed by atoms with E-state index in [1.165, 1.54) is 11.1 Å². The minimum absolute atomic E-state index is 0.0417. The smallest absolute Gasteiger partial charge is 0.267 e. The fourth-order valence-electron chi connectivity index (χ4n) is 5.88. The summed E-state index contributed by atoms with van der Waals surface area (Å²) in [4.78, 5) is 15.3. The molecule has 0 bridgehead atoms. The van der Waals surface area contributed by atoms with Crippen molar-refractivity contribution in [3.63, 3.8) is 0 Å². The molecule has 2 aliphatic carbocycles. The van der Waals surface area contributed by atoms with Crippen LogP contribution in [0.2, 0.25) is 0 Å². The Labute approximate surface area is 157 Å². The molecule has 138 valence electrons. The van der Waals surface area contributed by atoms with Crippen LogP contribution in [0.4, 0.5) is 0 Å². The molecular weight excluding hydrogens is 342 g/mol. The third-order valence-corrected chi connectivity index (χ3v) is 7.09. The molecule has 1 N–H and O–H groups in total. The van der Waals surface area contributed by atoms with E-state index >= 15 is 0 Å². The minimum Gasteiger partial charge on any atom is -0.508 e. The third kappa shape index (κ3) is 1.87. The van der Waals surface area contributed by atoms with E-state index in [1.807, 2.05) is 41.3 Å². The third-order valence-electron chi connectivity index (χ3n) is 7.09. The highest BCUT2D eigenvalue weighted by Crippen LogP contribution is 2.64. The van der Waals surface area contributed by atoms with Crippen molar-refractivity contribution < 1.29 is 19.4 Å². The van der Waals surface area contributed by atoms with Crippen molar-refractivity contribution in [3.05, 3.63) is 53.6 Å². The number of amides is 1. The molecule has 27 heavy (non-hydrogen) atoms. The number of fused-ring (bicyclic) bond motifs is 3. The Morgan fingerprint density at radius 2 is 2.00 bits per heavy atom. The number of hydrogen-bond donors (Lipinski definition) is 1. The van der Waals surface area contributed by atoms with Crippen LogP contribution in [-0.2, 0) is 16.6 Å². The van der Waals surface area contributed by atoms with Gasteiger partial charge in [0.25, 0.3) is 5.91 Å². The molecular formula is C22H21NO4. The van der Waals surface area contributed by atoms with Crippen LogP contribution in [0.1, 0.15) is 24.5 Å². The maximum Gasteiger partial charge on any atom is 0.267 e. The fraction of sp³-hybridized carbons (Fsp3) is 0.409. The summed E-state index contributed by atoms with van der Waals surface area (Å²) in [7, 11) is 0. The second-order valence-electron chi connectivity index (χ2n) is 8.44. The van der Waals surface area contributed by atoms with Crippen LogP contribution in [0.3, 0.4) is 0 Å². The van der Waals surface area contributed by atoms with Gasteiger partial charge in [0.05, 0.1) is 0 Å². The van der Waals surface area contributed by atoms with E-state index < -0.39 is 6.10 Å². The van der Waals surface area contributed by atoms with Gasteiger partial charge in [-0.05, 0) is 48.2 Å². The number of aromatic hydroxyl groups is 1. The first-order chi connectivity index (χ1) is 13.1. The summed E-state index contributed by atoms with van der Waals surface area (Å²) >= 11 is 0. The SMILES string of the molecule is C[C@@]12CC3[C@H]1[C@@H](Cc1ccc(O)cc12)N3C(=O)[C@@H]1COc2ccccc2O1. The van der Waals surface area contributed by atoms with Crippen LogP contribution in [-0.4, -0.2) is 40.7 Å². The molecule has 6 rings (SSSR count). The van der Waals surface area contributed by atoms with Crippen LogP contribution in [0.5, 0.6) is 17.2 Å². The van der Waals surface area contributed by atoms with Crippen molar-refractivity contribution in [2.24, 2.45) is 5.92 Å². The lowest BCUT2D eigenvalue weighted by Crippen LogP contribution is -2.81. The molecule has 1 amide bonds. The molecule has 1 saturated heterocycles. The van der Waals surface area contributed by atoms with Gasteiger partial charge in [0.1, 0.15) is 12.4 Å². The normalized spacial score (nSPS) is 34.6. The molecule has 2 aliphatic heterocycles. The quantitative estimate of drug-likeness (QED) is 0.846. The first-order valence-electron chi connectivity index (χ1n) is 9.59. The van der Waals surface area contributed by atoms with Crippen molar-refractivity contribution in [2.45, 2.75) is 43.4 Å². The van der Waals surface area contributed by atoms with Crippen molar-refractivity contribution in [2.75, 3.05) is 6.61 Å². The van der Waals surface area contributed by atoms with Crippen molar-refractivity contribution >= 4 is 5.91 Å². The number of rotatable bonds is 1. The molecule has 1 unspecified atom stereocenters. The average Bonchev–Trinajstić information content (AvgIpc) is 2.66. The van der Waals surface area contributed by atoms with E-state index in [0.29, 0.717) is 23.2 Å². The number of nitrogens with zero attached hydrogens (tertiary/aromatic N) is 1. The number of hydrogen-bond acceptors (Lipinski definition) is 4. The van der Waals surface area contributed by atoms with Crippen molar-refractivity contribution in [3.8, 4) is 17.2 Å². The van der Waals surface area contributed by atoms with Gasteiger partial charge in [0, 0.05) is 23.4 Å². The second kappa shape index (κ2) is 4.97. The molecule has 5 nitrogen and oxygen atoms in total. The van der Waals surface area contributed by atoms with Crippen LogP contribution in [0.25, 0.3) is 0 Å². The highest BCUT2D eigenvalue weighted by Gasteiger charge is 2.69. The number of piperidine rings is 1. The number of benzene rings is 2. The molecule has 4 aliphatic rings. The Morgan fingerprint density at radius 3 is 2.85 bits per heavy atom. The molecule has 0 radical (unpaired) electrons. The molecule has 2 aromatic rings. The largest absolute Gasteiger partial charge is 0.508 e. The van der Waals surface area contributed by atoms with E-state index in [0.717, 1.165) is 12.8 Å². The van der Waals surface area contributed by atoms with Gasteiger partial charge in [0.2, 0.25) is 6.10 Å². The van der Waals surface area contributed by atoms with Crippen LogP contribution in [0, 0.1) is 5.92 Å². The zero-order chi connectivity index (χ0) is 18.3. The first kappa shape index (κ1) is 15.4. The predicted molar refractivity (Wildman–Crippen MR) is 98.0 cm³/mol. The monoisotopic (exact) mass is 363 g/mol. The molecule has 2 aromatic carbocycles. The molecule has 1 saturated carbocycles. The number of carbonyl (C=O) groups excluding carboxylic acids is 1. The van der Waals surface area contributed by atoms with Crippen molar-refractivity contribution in [1.29, 1.82) is 0 Å². The summed E-state index contributed by atoms with van der Waals surface area (Å²) in [5.41, 5.74) is 2.58. The number of phenolic OH excluding ortho intramolecular Hbond substituents is 1. The van der Waals surface area contributed by atoms with Gasteiger partial charge in [0.15, 0.2) is 11.5 Å². The van der Waals surface area contributed by atoms with E-state index in [-0.39, 0.29) is 30.0 Å². The minimum atomic E-state index is -0.575. The summed E-state index contributed by atoms with van der Waals surface area (Å²) in [5.74, 6) is 2.19. The van der Waals surface area contributed by atoms with Gasteiger partial charge in [-0.15, -0.1) is 0 Å². The second-order valence-corrected chi connectivity index (χ2v) is 8.44. The lowest BCUT2D eigenvalue weighted by molar-refractivity contribution is -0.201. The predicted octanol–water partition coefficient (Wildman–Crippen LogP) is 2.65. The van der Waals surface area contributed by atoms with Crippen LogP contribution in [0.15, 0.2) is 42.5 Å². The highest BCUT2D eigenvalue weighted by molar-refractivity contribution is 5.84. The summed E-state index contributed by atoms with van der Waals surface area (Å²) in [6, 6.07) is 13.7. The Morgan fingerprint density at radius 1 is 1.19 bits per heavy atom. The van der Waals surface area contributed by atoms with Crippen LogP contribution < -0.4 is 9.47 Å². The van der Waals surface area contributed by atoms with Gasteiger partial charge < -0.3 is 19.5 Å². The maximum atomic E-state index is 13.2. The topological polar surface area (TPSA) is 59.0 Å². The first-order valence-corrected chi connectivity index (χ1v) is 9.59. The van der Waals surface area contributed by atoms with E-state index in [2.05, 4.69) is 6.92 Å². The van der Waals surface area contributed by atoms with Gasteiger partial charge in [-0.3, -0.25) is 4.79 Å². The van der Waals surface area contributed by atoms with E-state index in [9.17, 15) is 9.90 Å². The summed E-state index contributed by atoms with van der Waals surface area (Å²) in [5, 5.41) is 9.90. The standard InChI is InChI=1S/C22H21NO4/c1-22-10-16-20(22)15(8-12-6-7-13(24)9-14(12)22)23(16)21(25)19-11-26-17-4-2-3-5-18(17)27-19/h2-7,9,15-16,19-20,24H,8,10-11H2,1H3/t15-,16?,19+,20-,22+/m1/s1. The zero-order valence-electron chi connectivity index (χ0n) is 15.1. The molecule has 2 heterocycles. The summed E-state index contributed by atoms with van der Waals surface area (Å²) in [6.07, 6.45) is 1.22. The Bertz CT molecular complexity index is 973. The van der Waals surface area contributed by atoms with E-state index in [1.54, 1.807) is 6.07 Å². The lowest BCUT2D eigenvalue weighted by Gasteiger charge is -2.73. The van der Waals surface area contributed by atoms with Gasteiger partial charge in [-0.25, -0.2) is 0 Å². The number of likely N-dealkylation sites (tertiary alicyclic amines) is 1. The number of ether oxygens (including phenoxy) is 2. The summed E-state index contributed by atoms with van der Waals surface area (Å²) in [6.45, 7) is 2.54. The Kier molecular flexibility index (Phi) is 2.83. The van der Waals surface area contributed by atoms with Crippen molar-refractivity contribution in [1.82, 2.24) is 4.90 Å². The number of carbonyl (C=O) groups is 1. The molecule has 0 spiro atoms. The summed E-state index contributed by atoms with van der Waals surface area (Å²) < 4.78 is 11.7. The lowest BCUT2D eigenvalue weighted by atomic mass is 9.43. The Balaban J connectivity index is 1.27. The number of phenols is 1. The molecule has 5 atom stereocenters. The fourth-order valence-corrected chi connectivity index (χ4v) is 5.88. The van der Waals surface area contributed by atoms with Gasteiger partial charge >= 0.3 is 0 Å². The molecule has 0 aromatic heterocycles.